The largest absolute Gasteiger partial charge is 0.469 e. The molecule has 4 heteroatoms. The number of hydrogen-bond acceptors (Lipinski definition) is 3. The van der Waals surface area contributed by atoms with Gasteiger partial charge in [0.25, 0.3) is 0 Å². The van der Waals surface area contributed by atoms with Gasteiger partial charge in [0.15, 0.2) is 5.78 Å². The summed E-state index contributed by atoms with van der Waals surface area (Å²) in [7, 11) is 0. The summed E-state index contributed by atoms with van der Waals surface area (Å²) in [6.45, 7) is 0. The zero-order chi connectivity index (χ0) is 10.3. The normalized spacial score (nSPS) is 20.3. The zero-order valence-electron chi connectivity index (χ0n) is 8.06. The van der Waals surface area contributed by atoms with Crippen molar-refractivity contribution in [1.82, 2.24) is 10.2 Å². The molecule has 3 rings (SSSR count). The molecular weight excluding hydrogens is 192 g/mol. The first-order valence-electron chi connectivity index (χ1n) is 4.93. The number of ketones is 1. The van der Waals surface area contributed by atoms with Gasteiger partial charge in [-0.25, -0.2) is 0 Å². The van der Waals surface area contributed by atoms with Gasteiger partial charge in [-0.05, 0) is 12.1 Å². The summed E-state index contributed by atoms with van der Waals surface area (Å²) in [5.74, 6) is 1.18. The highest BCUT2D eigenvalue weighted by molar-refractivity contribution is 5.98. The van der Waals surface area contributed by atoms with Gasteiger partial charge in [0.1, 0.15) is 5.76 Å². The van der Waals surface area contributed by atoms with Crippen molar-refractivity contribution in [1.29, 1.82) is 0 Å². The number of nitrogens with zero attached hydrogens (tertiary/aromatic N) is 1. The second-order valence-electron chi connectivity index (χ2n) is 3.81. The summed E-state index contributed by atoms with van der Waals surface area (Å²) < 4.78 is 5.33. The lowest BCUT2D eigenvalue weighted by Gasteiger charge is -2.18. The van der Waals surface area contributed by atoms with Gasteiger partial charge in [0, 0.05) is 24.5 Å². The molecule has 2 aromatic rings. The maximum Gasteiger partial charge on any atom is 0.167 e. The minimum atomic E-state index is 0.145. The predicted molar refractivity (Wildman–Crippen MR) is 52.7 cm³/mol. The highest BCUT2D eigenvalue weighted by Gasteiger charge is 2.28. The number of aromatic amines is 1. The fourth-order valence-electron chi connectivity index (χ4n) is 2.09. The lowest BCUT2D eigenvalue weighted by atomic mass is 9.86. The van der Waals surface area contributed by atoms with E-state index in [-0.39, 0.29) is 11.7 Å². The van der Waals surface area contributed by atoms with Gasteiger partial charge in [-0.1, -0.05) is 0 Å². The predicted octanol–water partition coefficient (Wildman–Crippen LogP) is 1.92. The molecule has 1 N–H and O–H groups in total. The molecule has 0 saturated carbocycles. The second kappa shape index (κ2) is 3.08. The van der Waals surface area contributed by atoms with E-state index in [0.29, 0.717) is 6.42 Å². The number of carbonyl (C=O) groups excluding carboxylic acids is 1. The van der Waals surface area contributed by atoms with E-state index in [4.69, 9.17) is 4.42 Å². The smallest absolute Gasteiger partial charge is 0.167 e. The van der Waals surface area contributed by atoms with Crippen LogP contribution in [-0.2, 0) is 6.42 Å². The Bertz CT molecular complexity index is 484. The lowest BCUT2D eigenvalue weighted by Crippen LogP contribution is -2.17. The lowest BCUT2D eigenvalue weighted by molar-refractivity contribution is 0.0960. The maximum absolute atomic E-state index is 11.8. The molecule has 1 aliphatic carbocycles. The second-order valence-corrected chi connectivity index (χ2v) is 3.81. The summed E-state index contributed by atoms with van der Waals surface area (Å²) in [6, 6.07) is 3.77. The van der Waals surface area contributed by atoms with Gasteiger partial charge in [-0.2, -0.15) is 5.10 Å². The fourth-order valence-corrected chi connectivity index (χ4v) is 2.09. The molecule has 0 radical (unpaired) electrons. The number of hydrogen-bond donors (Lipinski definition) is 1. The van der Waals surface area contributed by atoms with Crippen LogP contribution in [-0.4, -0.2) is 16.0 Å². The van der Waals surface area contributed by atoms with Crippen molar-refractivity contribution in [2.45, 2.75) is 18.8 Å². The molecule has 0 bridgehead atoms. The van der Waals surface area contributed by atoms with Gasteiger partial charge in [0.05, 0.1) is 18.0 Å². The van der Waals surface area contributed by atoms with Crippen molar-refractivity contribution in [3.8, 4) is 0 Å². The van der Waals surface area contributed by atoms with Crippen molar-refractivity contribution in [3.63, 3.8) is 0 Å². The van der Waals surface area contributed by atoms with Gasteiger partial charge in [-0.3, -0.25) is 9.89 Å². The molecule has 0 saturated heterocycles. The van der Waals surface area contributed by atoms with Crippen LogP contribution in [0, 0.1) is 0 Å². The van der Waals surface area contributed by atoms with Gasteiger partial charge >= 0.3 is 0 Å². The first-order valence-corrected chi connectivity index (χ1v) is 4.93. The zero-order valence-corrected chi connectivity index (χ0v) is 8.06. The number of H-pyrrole nitrogens is 1. The topological polar surface area (TPSA) is 58.9 Å². The molecule has 0 spiro atoms. The summed E-state index contributed by atoms with van der Waals surface area (Å²) in [6.07, 6.45) is 4.56. The highest BCUT2D eigenvalue weighted by Crippen LogP contribution is 2.31. The minimum absolute atomic E-state index is 0.145. The number of fused-ring (bicyclic) bond motifs is 1. The van der Waals surface area contributed by atoms with Crippen molar-refractivity contribution in [2.75, 3.05) is 0 Å². The maximum atomic E-state index is 11.8. The molecular formula is C11H10N2O2. The van der Waals surface area contributed by atoms with Crippen LogP contribution in [0.1, 0.15) is 34.2 Å². The SMILES string of the molecule is O=C1C[C@H](c2ccco2)Cc2[nH]ncc21. The molecule has 0 aromatic carbocycles. The van der Waals surface area contributed by atoms with E-state index < -0.39 is 0 Å². The third-order valence-electron chi connectivity index (χ3n) is 2.85. The van der Waals surface area contributed by atoms with E-state index >= 15 is 0 Å². The number of nitrogens with one attached hydrogen (secondary N) is 1. The molecule has 1 atom stereocenters. The summed E-state index contributed by atoms with van der Waals surface area (Å²) in [5.41, 5.74) is 1.66. The van der Waals surface area contributed by atoms with Crippen molar-refractivity contribution in [2.24, 2.45) is 0 Å². The molecule has 0 aliphatic heterocycles. The Labute approximate surface area is 86.3 Å². The van der Waals surface area contributed by atoms with E-state index in [2.05, 4.69) is 10.2 Å². The van der Waals surface area contributed by atoms with Crippen LogP contribution in [0.4, 0.5) is 0 Å². The van der Waals surface area contributed by atoms with Crippen molar-refractivity contribution < 1.29 is 9.21 Å². The Balaban J connectivity index is 1.96. The van der Waals surface area contributed by atoms with E-state index in [1.807, 2.05) is 12.1 Å². The average molecular weight is 202 g/mol. The molecule has 2 aromatic heterocycles. The summed E-state index contributed by atoms with van der Waals surface area (Å²) in [4.78, 5) is 11.8. The number of carbonyl (C=O) groups is 1. The standard InChI is InChI=1S/C11H10N2O2/c14-10-5-7(11-2-1-3-15-11)4-9-8(10)6-12-13-9/h1-3,6-7H,4-5H2,(H,12,13)/t7-/m1/s1. The van der Waals surface area contributed by atoms with E-state index in [1.54, 1.807) is 12.5 Å². The van der Waals surface area contributed by atoms with Crippen LogP contribution in [0.2, 0.25) is 0 Å². The monoisotopic (exact) mass is 202 g/mol. The molecule has 0 unspecified atom stereocenters. The first-order chi connectivity index (χ1) is 7.34. The third kappa shape index (κ3) is 1.29. The molecule has 4 nitrogen and oxygen atoms in total. The number of rotatable bonds is 1. The summed E-state index contributed by atoms with van der Waals surface area (Å²) in [5, 5.41) is 6.76. The van der Waals surface area contributed by atoms with Crippen LogP contribution in [0.15, 0.2) is 29.0 Å². The van der Waals surface area contributed by atoms with Crippen LogP contribution < -0.4 is 0 Å². The highest BCUT2D eigenvalue weighted by atomic mass is 16.3. The Morgan fingerprint density at radius 2 is 2.40 bits per heavy atom. The molecule has 15 heavy (non-hydrogen) atoms. The number of Topliss-reactive ketones (excluding diaryl/α,β-unsaturated/α-hetero) is 1. The Morgan fingerprint density at radius 3 is 3.20 bits per heavy atom. The van der Waals surface area contributed by atoms with E-state index in [0.717, 1.165) is 23.4 Å². The number of aromatic nitrogens is 2. The fraction of sp³-hybridized carbons (Fsp3) is 0.273. The molecule has 0 fully saturated rings. The van der Waals surface area contributed by atoms with Crippen LogP contribution in [0.5, 0.6) is 0 Å². The minimum Gasteiger partial charge on any atom is -0.469 e. The molecule has 2 heterocycles. The molecule has 76 valence electrons. The molecule has 1 aliphatic rings. The first kappa shape index (κ1) is 8.47. The third-order valence-corrected chi connectivity index (χ3v) is 2.85. The summed E-state index contributed by atoms with van der Waals surface area (Å²) >= 11 is 0. The van der Waals surface area contributed by atoms with E-state index in [1.165, 1.54) is 0 Å². The quantitative estimate of drug-likeness (QED) is 0.768. The van der Waals surface area contributed by atoms with Gasteiger partial charge < -0.3 is 4.42 Å². The van der Waals surface area contributed by atoms with Crippen LogP contribution in [0.3, 0.4) is 0 Å². The van der Waals surface area contributed by atoms with Gasteiger partial charge in [-0.15, -0.1) is 0 Å². The van der Waals surface area contributed by atoms with Crippen LogP contribution in [0.25, 0.3) is 0 Å². The number of furan rings is 1. The van der Waals surface area contributed by atoms with Crippen molar-refractivity contribution in [3.05, 3.63) is 41.6 Å². The van der Waals surface area contributed by atoms with E-state index in [9.17, 15) is 4.79 Å². The van der Waals surface area contributed by atoms with Crippen LogP contribution >= 0.6 is 0 Å². The Morgan fingerprint density at radius 1 is 1.47 bits per heavy atom. The average Bonchev–Trinajstić information content (AvgIpc) is 2.88. The Hall–Kier alpha value is -1.84. The van der Waals surface area contributed by atoms with Gasteiger partial charge in [0.2, 0.25) is 0 Å². The molecule has 0 amide bonds. The van der Waals surface area contributed by atoms with Crippen molar-refractivity contribution >= 4 is 5.78 Å². The Kier molecular flexibility index (Phi) is 1.74.